The summed E-state index contributed by atoms with van der Waals surface area (Å²) in [6, 6.07) is 8.09. The SMILES string of the molecule is CC1CNCCCC1Oc1ccc(Br)cc1. The van der Waals surface area contributed by atoms with Crippen LogP contribution in [0.1, 0.15) is 19.8 Å². The largest absolute Gasteiger partial charge is 0.490 e. The Hall–Kier alpha value is -0.540. The fraction of sp³-hybridized carbons (Fsp3) is 0.538. The maximum atomic E-state index is 6.04. The quantitative estimate of drug-likeness (QED) is 0.900. The van der Waals surface area contributed by atoms with Crippen LogP contribution < -0.4 is 10.1 Å². The summed E-state index contributed by atoms with van der Waals surface area (Å²) in [7, 11) is 0. The lowest BCUT2D eigenvalue weighted by Gasteiger charge is -2.22. The summed E-state index contributed by atoms with van der Waals surface area (Å²) in [4.78, 5) is 0. The zero-order valence-electron chi connectivity index (χ0n) is 9.58. The fourth-order valence-electron chi connectivity index (χ4n) is 2.04. The number of benzene rings is 1. The van der Waals surface area contributed by atoms with Gasteiger partial charge in [-0.2, -0.15) is 0 Å². The molecule has 1 fully saturated rings. The van der Waals surface area contributed by atoms with Crippen molar-refractivity contribution in [2.24, 2.45) is 5.92 Å². The highest BCUT2D eigenvalue weighted by Gasteiger charge is 2.21. The van der Waals surface area contributed by atoms with Gasteiger partial charge in [-0.1, -0.05) is 22.9 Å². The van der Waals surface area contributed by atoms with E-state index in [2.05, 4.69) is 28.2 Å². The third kappa shape index (κ3) is 3.22. The third-order valence-corrected chi connectivity index (χ3v) is 3.57. The van der Waals surface area contributed by atoms with E-state index in [9.17, 15) is 0 Å². The number of nitrogens with one attached hydrogen (secondary N) is 1. The van der Waals surface area contributed by atoms with E-state index in [4.69, 9.17) is 4.74 Å². The normalized spacial score (nSPS) is 26.1. The topological polar surface area (TPSA) is 21.3 Å². The molecule has 2 rings (SSSR count). The van der Waals surface area contributed by atoms with E-state index in [0.29, 0.717) is 12.0 Å². The minimum atomic E-state index is 0.344. The van der Waals surface area contributed by atoms with Crippen molar-refractivity contribution in [3.05, 3.63) is 28.7 Å². The number of ether oxygens (including phenoxy) is 1. The Balaban J connectivity index is 1.99. The van der Waals surface area contributed by atoms with Gasteiger partial charge >= 0.3 is 0 Å². The van der Waals surface area contributed by atoms with Crippen LogP contribution >= 0.6 is 15.9 Å². The molecule has 88 valence electrons. The van der Waals surface area contributed by atoms with Crippen LogP contribution in [0.4, 0.5) is 0 Å². The van der Waals surface area contributed by atoms with E-state index in [-0.39, 0.29) is 0 Å². The first-order valence-corrected chi connectivity index (χ1v) is 6.68. The molecule has 0 aliphatic carbocycles. The molecule has 16 heavy (non-hydrogen) atoms. The molecule has 0 spiro atoms. The highest BCUT2D eigenvalue weighted by Crippen LogP contribution is 2.22. The first kappa shape index (κ1) is 11.9. The first-order valence-electron chi connectivity index (χ1n) is 5.88. The van der Waals surface area contributed by atoms with E-state index < -0.39 is 0 Å². The molecule has 0 bridgehead atoms. The molecule has 0 aromatic heterocycles. The predicted molar refractivity (Wildman–Crippen MR) is 69.8 cm³/mol. The van der Waals surface area contributed by atoms with Crippen LogP contribution in [0.15, 0.2) is 28.7 Å². The van der Waals surface area contributed by atoms with Gasteiger partial charge in [-0.15, -0.1) is 0 Å². The molecule has 3 heteroatoms. The molecule has 1 saturated heterocycles. The van der Waals surface area contributed by atoms with Gasteiger partial charge in [0.25, 0.3) is 0 Å². The number of rotatable bonds is 2. The van der Waals surface area contributed by atoms with E-state index in [1.54, 1.807) is 0 Å². The van der Waals surface area contributed by atoms with Gasteiger partial charge in [0.15, 0.2) is 0 Å². The number of halogens is 1. The Morgan fingerprint density at radius 2 is 2.06 bits per heavy atom. The minimum absolute atomic E-state index is 0.344. The second-order valence-electron chi connectivity index (χ2n) is 4.43. The summed E-state index contributed by atoms with van der Waals surface area (Å²) in [6.45, 7) is 4.42. The summed E-state index contributed by atoms with van der Waals surface area (Å²) < 4.78 is 7.13. The minimum Gasteiger partial charge on any atom is -0.490 e. The van der Waals surface area contributed by atoms with Crippen molar-refractivity contribution in [3.8, 4) is 5.75 Å². The monoisotopic (exact) mass is 283 g/mol. The number of hydrogen-bond donors (Lipinski definition) is 1. The van der Waals surface area contributed by atoms with Crippen molar-refractivity contribution < 1.29 is 4.74 Å². The van der Waals surface area contributed by atoms with Crippen molar-refractivity contribution in [2.45, 2.75) is 25.9 Å². The molecule has 0 amide bonds. The lowest BCUT2D eigenvalue weighted by molar-refractivity contribution is 0.141. The van der Waals surface area contributed by atoms with Crippen LogP contribution in [0.2, 0.25) is 0 Å². The maximum absolute atomic E-state index is 6.04. The summed E-state index contributed by atoms with van der Waals surface area (Å²) in [5.74, 6) is 1.55. The third-order valence-electron chi connectivity index (χ3n) is 3.04. The molecule has 0 radical (unpaired) electrons. The summed E-state index contributed by atoms with van der Waals surface area (Å²) in [5, 5.41) is 3.43. The molecule has 2 atom stereocenters. The van der Waals surface area contributed by atoms with Gasteiger partial charge in [0.05, 0.1) is 0 Å². The van der Waals surface area contributed by atoms with Gasteiger partial charge in [-0.05, 0) is 43.7 Å². The molecule has 2 unspecified atom stereocenters. The highest BCUT2D eigenvalue weighted by molar-refractivity contribution is 9.10. The average Bonchev–Trinajstić information content (AvgIpc) is 2.48. The van der Waals surface area contributed by atoms with Crippen molar-refractivity contribution in [2.75, 3.05) is 13.1 Å². The lowest BCUT2D eigenvalue weighted by Crippen LogP contribution is -2.29. The van der Waals surface area contributed by atoms with Crippen molar-refractivity contribution in [1.29, 1.82) is 0 Å². The molecule has 1 aliphatic heterocycles. The van der Waals surface area contributed by atoms with Crippen molar-refractivity contribution in [1.82, 2.24) is 5.32 Å². The number of hydrogen-bond acceptors (Lipinski definition) is 2. The van der Waals surface area contributed by atoms with E-state index in [0.717, 1.165) is 29.7 Å². The summed E-state index contributed by atoms with van der Waals surface area (Å²) in [5.41, 5.74) is 0. The van der Waals surface area contributed by atoms with Gasteiger partial charge in [-0.3, -0.25) is 0 Å². The highest BCUT2D eigenvalue weighted by atomic mass is 79.9. The second-order valence-corrected chi connectivity index (χ2v) is 5.35. The molecule has 1 aromatic rings. The molecular formula is C13H18BrNO. The van der Waals surface area contributed by atoms with E-state index in [1.165, 1.54) is 6.42 Å². The van der Waals surface area contributed by atoms with Crippen LogP contribution in [0.5, 0.6) is 5.75 Å². The standard InChI is InChI=1S/C13H18BrNO/c1-10-9-15-8-2-3-13(10)16-12-6-4-11(14)5-7-12/h4-7,10,13,15H,2-3,8-9H2,1H3. The maximum Gasteiger partial charge on any atom is 0.119 e. The van der Waals surface area contributed by atoms with Crippen LogP contribution in [-0.2, 0) is 0 Å². The molecular weight excluding hydrogens is 266 g/mol. The van der Waals surface area contributed by atoms with Gasteiger partial charge < -0.3 is 10.1 Å². The van der Waals surface area contributed by atoms with Crippen LogP contribution in [-0.4, -0.2) is 19.2 Å². The van der Waals surface area contributed by atoms with E-state index >= 15 is 0 Å². The molecule has 1 heterocycles. The molecule has 0 saturated carbocycles. The molecule has 1 aliphatic rings. The Bertz CT molecular complexity index is 325. The zero-order chi connectivity index (χ0) is 11.4. The van der Waals surface area contributed by atoms with E-state index in [1.807, 2.05) is 24.3 Å². The van der Waals surface area contributed by atoms with Gasteiger partial charge in [0.2, 0.25) is 0 Å². The molecule has 1 N–H and O–H groups in total. The predicted octanol–water partition coefficient (Wildman–Crippen LogP) is 3.22. The summed E-state index contributed by atoms with van der Waals surface area (Å²) >= 11 is 3.43. The van der Waals surface area contributed by atoms with Crippen LogP contribution in [0.25, 0.3) is 0 Å². The van der Waals surface area contributed by atoms with Crippen molar-refractivity contribution in [3.63, 3.8) is 0 Å². The Morgan fingerprint density at radius 1 is 1.31 bits per heavy atom. The summed E-state index contributed by atoms with van der Waals surface area (Å²) in [6.07, 6.45) is 2.69. The van der Waals surface area contributed by atoms with Gasteiger partial charge in [0.1, 0.15) is 11.9 Å². The molecule has 1 aromatic carbocycles. The first-order chi connectivity index (χ1) is 7.75. The average molecular weight is 284 g/mol. The Kier molecular flexibility index (Phi) is 4.24. The Morgan fingerprint density at radius 3 is 2.81 bits per heavy atom. The zero-order valence-corrected chi connectivity index (χ0v) is 11.2. The smallest absolute Gasteiger partial charge is 0.119 e. The van der Waals surface area contributed by atoms with Gasteiger partial charge in [0, 0.05) is 16.9 Å². The Labute approximate surface area is 106 Å². The van der Waals surface area contributed by atoms with Crippen LogP contribution in [0.3, 0.4) is 0 Å². The fourth-order valence-corrected chi connectivity index (χ4v) is 2.30. The lowest BCUT2D eigenvalue weighted by atomic mass is 10.0. The second kappa shape index (κ2) is 5.69. The van der Waals surface area contributed by atoms with Crippen LogP contribution in [0, 0.1) is 5.92 Å². The van der Waals surface area contributed by atoms with Crippen molar-refractivity contribution >= 4 is 15.9 Å². The molecule has 2 nitrogen and oxygen atoms in total. The van der Waals surface area contributed by atoms with Gasteiger partial charge in [-0.25, -0.2) is 0 Å².